The molecule has 1 saturated heterocycles. The molecule has 1 heterocycles. The van der Waals surface area contributed by atoms with Gasteiger partial charge in [0.05, 0.1) is 0 Å². The number of carbonyl (C=O) groups excluding carboxylic acids is 1. The van der Waals surface area contributed by atoms with Gasteiger partial charge < -0.3 is 10.2 Å². The van der Waals surface area contributed by atoms with Gasteiger partial charge in [-0.05, 0) is 37.6 Å². The maximum Gasteiger partial charge on any atom is 0.253 e. The van der Waals surface area contributed by atoms with Crippen LogP contribution in [0.15, 0.2) is 22.7 Å². The lowest BCUT2D eigenvalue weighted by Gasteiger charge is -2.28. The standard InChI is InChI=1S/C14H18BrClN2O/c1-18(9-13-4-2-3-5-17-13)14(19)10-6-11(15)8-12(16)7-10/h6-8,13,17H,2-5,9H2,1H3. The van der Waals surface area contributed by atoms with Crippen LogP contribution in [0.5, 0.6) is 0 Å². The molecule has 1 aliphatic rings. The van der Waals surface area contributed by atoms with Crippen LogP contribution in [0.1, 0.15) is 29.6 Å². The molecule has 1 aliphatic heterocycles. The number of hydrogen-bond donors (Lipinski definition) is 1. The normalized spacial score (nSPS) is 19.2. The number of nitrogens with one attached hydrogen (secondary N) is 1. The Morgan fingerprint density at radius 1 is 1.47 bits per heavy atom. The number of rotatable bonds is 3. The Morgan fingerprint density at radius 2 is 2.26 bits per heavy atom. The fraction of sp³-hybridized carbons (Fsp3) is 0.500. The van der Waals surface area contributed by atoms with Gasteiger partial charge in [0.1, 0.15) is 0 Å². The Balaban J connectivity index is 2.01. The van der Waals surface area contributed by atoms with Crippen molar-refractivity contribution >= 4 is 33.4 Å². The summed E-state index contributed by atoms with van der Waals surface area (Å²) in [4.78, 5) is 14.1. The van der Waals surface area contributed by atoms with Gasteiger partial charge in [-0.1, -0.05) is 34.0 Å². The number of amides is 1. The molecular formula is C14H18BrClN2O. The summed E-state index contributed by atoms with van der Waals surface area (Å²) in [6, 6.07) is 5.70. The quantitative estimate of drug-likeness (QED) is 0.911. The first-order valence-corrected chi connectivity index (χ1v) is 7.68. The maximum atomic E-state index is 12.3. The molecule has 0 radical (unpaired) electrons. The summed E-state index contributed by atoms with van der Waals surface area (Å²) in [5, 5.41) is 4.02. The predicted octanol–water partition coefficient (Wildman–Crippen LogP) is 3.32. The number of nitrogens with zero attached hydrogens (tertiary/aromatic N) is 1. The lowest BCUT2D eigenvalue weighted by Crippen LogP contribution is -2.44. The van der Waals surface area contributed by atoms with Crippen LogP contribution in [0, 0.1) is 0 Å². The van der Waals surface area contributed by atoms with E-state index in [4.69, 9.17) is 11.6 Å². The molecule has 1 N–H and O–H groups in total. The second-order valence-corrected chi connectivity index (χ2v) is 6.34. The fourth-order valence-corrected chi connectivity index (χ4v) is 3.25. The van der Waals surface area contributed by atoms with Crippen LogP contribution >= 0.6 is 27.5 Å². The van der Waals surface area contributed by atoms with Gasteiger partial charge in [-0.15, -0.1) is 0 Å². The monoisotopic (exact) mass is 344 g/mol. The zero-order valence-electron chi connectivity index (χ0n) is 11.0. The molecular weight excluding hydrogens is 328 g/mol. The predicted molar refractivity (Wildman–Crippen MR) is 81.8 cm³/mol. The van der Waals surface area contributed by atoms with Crippen molar-refractivity contribution in [2.75, 3.05) is 20.1 Å². The molecule has 1 amide bonds. The summed E-state index contributed by atoms with van der Waals surface area (Å²) in [6.07, 6.45) is 3.61. The molecule has 0 bridgehead atoms. The summed E-state index contributed by atoms with van der Waals surface area (Å²) in [6.45, 7) is 1.79. The maximum absolute atomic E-state index is 12.3. The van der Waals surface area contributed by atoms with Crippen LogP contribution in [0.2, 0.25) is 5.02 Å². The number of halogens is 2. The highest BCUT2D eigenvalue weighted by Crippen LogP contribution is 2.20. The van der Waals surface area contributed by atoms with Gasteiger partial charge in [0.25, 0.3) is 5.91 Å². The van der Waals surface area contributed by atoms with E-state index >= 15 is 0 Å². The lowest BCUT2D eigenvalue weighted by atomic mass is 10.0. The van der Waals surface area contributed by atoms with Crippen LogP contribution in [-0.2, 0) is 0 Å². The molecule has 3 nitrogen and oxygen atoms in total. The van der Waals surface area contributed by atoms with Gasteiger partial charge in [0.15, 0.2) is 0 Å². The largest absolute Gasteiger partial charge is 0.340 e. The van der Waals surface area contributed by atoms with Gasteiger partial charge in [-0.3, -0.25) is 4.79 Å². The van der Waals surface area contributed by atoms with Crippen LogP contribution in [0.4, 0.5) is 0 Å². The molecule has 0 aromatic heterocycles. The lowest BCUT2D eigenvalue weighted by molar-refractivity contribution is 0.0775. The van der Waals surface area contributed by atoms with Crippen molar-refractivity contribution in [1.29, 1.82) is 0 Å². The Labute approximate surface area is 127 Å². The smallest absolute Gasteiger partial charge is 0.253 e. The molecule has 1 unspecified atom stereocenters. The number of hydrogen-bond acceptors (Lipinski definition) is 2. The number of piperidine rings is 1. The van der Waals surface area contributed by atoms with Crippen LogP contribution < -0.4 is 5.32 Å². The minimum atomic E-state index is 0.00979. The summed E-state index contributed by atoms with van der Waals surface area (Å²) in [5.74, 6) is 0.00979. The van der Waals surface area contributed by atoms with Crippen molar-refractivity contribution in [2.45, 2.75) is 25.3 Å². The molecule has 1 aromatic carbocycles. The summed E-state index contributed by atoms with van der Waals surface area (Å²) in [5.41, 5.74) is 0.623. The molecule has 1 aromatic rings. The highest BCUT2D eigenvalue weighted by Gasteiger charge is 2.19. The number of likely N-dealkylation sites (N-methyl/N-ethyl adjacent to an activating group) is 1. The Kier molecular flexibility index (Phi) is 5.25. The second kappa shape index (κ2) is 6.73. The topological polar surface area (TPSA) is 32.3 Å². The Bertz CT molecular complexity index is 441. The van der Waals surface area contributed by atoms with Gasteiger partial charge in [0.2, 0.25) is 0 Å². The number of carbonyl (C=O) groups is 1. The fourth-order valence-electron chi connectivity index (χ4n) is 2.39. The van der Waals surface area contributed by atoms with Crippen LogP contribution in [0.3, 0.4) is 0 Å². The Hall–Kier alpha value is -0.580. The SMILES string of the molecule is CN(CC1CCCCN1)C(=O)c1cc(Cl)cc(Br)c1. The van der Waals surface area contributed by atoms with Gasteiger partial charge >= 0.3 is 0 Å². The zero-order valence-corrected chi connectivity index (χ0v) is 13.3. The molecule has 19 heavy (non-hydrogen) atoms. The first-order valence-electron chi connectivity index (χ1n) is 6.51. The van der Waals surface area contributed by atoms with E-state index < -0.39 is 0 Å². The van der Waals surface area contributed by atoms with E-state index in [0.717, 1.165) is 24.0 Å². The third-order valence-corrected chi connectivity index (χ3v) is 4.04. The summed E-state index contributed by atoms with van der Waals surface area (Å²) >= 11 is 9.34. The molecule has 0 spiro atoms. The molecule has 0 aliphatic carbocycles. The summed E-state index contributed by atoms with van der Waals surface area (Å²) in [7, 11) is 1.84. The van der Waals surface area contributed by atoms with Crippen molar-refractivity contribution in [1.82, 2.24) is 10.2 Å². The molecule has 1 atom stereocenters. The van der Waals surface area contributed by atoms with E-state index in [2.05, 4.69) is 21.2 Å². The van der Waals surface area contributed by atoms with Crippen molar-refractivity contribution in [3.8, 4) is 0 Å². The molecule has 0 saturated carbocycles. The van der Waals surface area contributed by atoms with Crippen LogP contribution in [0.25, 0.3) is 0 Å². The van der Waals surface area contributed by atoms with Gasteiger partial charge in [-0.2, -0.15) is 0 Å². The van der Waals surface area contributed by atoms with Crippen molar-refractivity contribution in [3.63, 3.8) is 0 Å². The number of benzene rings is 1. The minimum Gasteiger partial charge on any atom is -0.340 e. The van der Waals surface area contributed by atoms with E-state index in [9.17, 15) is 4.79 Å². The average Bonchev–Trinajstić information content (AvgIpc) is 2.37. The summed E-state index contributed by atoms with van der Waals surface area (Å²) < 4.78 is 0.826. The first-order chi connectivity index (χ1) is 9.06. The third-order valence-electron chi connectivity index (χ3n) is 3.36. The molecule has 104 valence electrons. The molecule has 2 rings (SSSR count). The van der Waals surface area contributed by atoms with E-state index in [-0.39, 0.29) is 5.91 Å². The molecule has 5 heteroatoms. The highest BCUT2D eigenvalue weighted by atomic mass is 79.9. The van der Waals surface area contributed by atoms with E-state index in [0.29, 0.717) is 16.6 Å². The van der Waals surface area contributed by atoms with E-state index in [1.54, 1.807) is 23.1 Å². The highest BCUT2D eigenvalue weighted by molar-refractivity contribution is 9.10. The van der Waals surface area contributed by atoms with Gasteiger partial charge in [-0.25, -0.2) is 0 Å². The zero-order chi connectivity index (χ0) is 13.8. The third kappa shape index (κ3) is 4.20. The Morgan fingerprint density at radius 3 is 2.89 bits per heavy atom. The molecule has 1 fully saturated rings. The average molecular weight is 346 g/mol. The van der Waals surface area contributed by atoms with Crippen molar-refractivity contribution < 1.29 is 4.79 Å². The van der Waals surface area contributed by atoms with Crippen molar-refractivity contribution in [3.05, 3.63) is 33.3 Å². The van der Waals surface area contributed by atoms with E-state index in [1.807, 2.05) is 7.05 Å². The van der Waals surface area contributed by atoms with Crippen LogP contribution in [-0.4, -0.2) is 37.0 Å². The van der Waals surface area contributed by atoms with E-state index in [1.165, 1.54) is 12.8 Å². The first kappa shape index (κ1) is 14.8. The minimum absolute atomic E-state index is 0.00979. The van der Waals surface area contributed by atoms with Crippen molar-refractivity contribution in [2.24, 2.45) is 0 Å². The second-order valence-electron chi connectivity index (χ2n) is 4.99. The van der Waals surface area contributed by atoms with Gasteiger partial charge in [0, 0.05) is 34.7 Å².